The first kappa shape index (κ1) is 16.2. The van der Waals surface area contributed by atoms with Gasteiger partial charge in [-0.1, -0.05) is 30.3 Å². The number of H-pyrrole nitrogens is 1. The third-order valence-electron chi connectivity index (χ3n) is 4.75. The molecule has 0 radical (unpaired) electrons. The fourth-order valence-electron chi connectivity index (χ4n) is 3.70. The van der Waals surface area contributed by atoms with Crippen LogP contribution in [0.25, 0.3) is 16.6 Å². The maximum absolute atomic E-state index is 12.7. The Morgan fingerprint density at radius 2 is 1.96 bits per heavy atom. The molecule has 4 N–H and O–H groups in total. The smallest absolute Gasteiger partial charge is 0.327 e. The Kier molecular flexibility index (Phi) is 3.68. The Balaban J connectivity index is 2.02. The number of imidazole rings is 1. The number of hydrogen-bond donors (Lipinski definition) is 3. The minimum atomic E-state index is -0.201. The van der Waals surface area contributed by atoms with Gasteiger partial charge in [-0.25, -0.2) is 4.79 Å². The van der Waals surface area contributed by atoms with Crippen molar-refractivity contribution in [2.75, 3.05) is 6.61 Å². The van der Waals surface area contributed by atoms with Gasteiger partial charge in [-0.2, -0.15) is 0 Å². The van der Waals surface area contributed by atoms with Crippen molar-refractivity contribution in [2.45, 2.75) is 19.9 Å². The Labute approximate surface area is 150 Å². The quantitative estimate of drug-likeness (QED) is 0.635. The fraction of sp³-hybridized carbons (Fsp3) is 0.200. The number of hydrogen-bond acceptors (Lipinski definition) is 4. The fourth-order valence-corrected chi connectivity index (χ4v) is 3.70. The van der Waals surface area contributed by atoms with E-state index in [0.717, 1.165) is 11.1 Å². The van der Waals surface area contributed by atoms with Crippen LogP contribution in [0.1, 0.15) is 31.0 Å². The van der Waals surface area contributed by atoms with Crippen LogP contribution in [0, 0.1) is 5.41 Å². The van der Waals surface area contributed by atoms with Crippen LogP contribution in [-0.4, -0.2) is 21.9 Å². The average Bonchev–Trinajstić information content (AvgIpc) is 2.95. The van der Waals surface area contributed by atoms with E-state index in [0.29, 0.717) is 40.4 Å². The summed E-state index contributed by atoms with van der Waals surface area (Å²) in [6.45, 7) is 3.81. The van der Waals surface area contributed by atoms with E-state index in [-0.39, 0.29) is 11.7 Å². The Hall–Kier alpha value is -3.28. The van der Waals surface area contributed by atoms with Crippen LogP contribution < -0.4 is 16.2 Å². The van der Waals surface area contributed by atoms with Crippen LogP contribution in [0.3, 0.4) is 0 Å². The zero-order chi connectivity index (χ0) is 18.4. The first-order valence-corrected chi connectivity index (χ1v) is 8.46. The third-order valence-corrected chi connectivity index (χ3v) is 4.75. The molecule has 0 amide bonds. The van der Waals surface area contributed by atoms with Gasteiger partial charge in [-0.3, -0.25) is 4.57 Å². The summed E-state index contributed by atoms with van der Waals surface area (Å²) < 4.78 is 7.87. The molecule has 1 aromatic heterocycles. The molecule has 26 heavy (non-hydrogen) atoms. The number of nitrogens with two attached hydrogens (primary N) is 1. The largest absolute Gasteiger partial charge is 0.488 e. The molecule has 2 aromatic carbocycles. The predicted molar refractivity (Wildman–Crippen MR) is 103 cm³/mol. The van der Waals surface area contributed by atoms with Crippen molar-refractivity contribution in [1.29, 1.82) is 5.41 Å². The first-order valence-electron chi connectivity index (χ1n) is 8.46. The number of allylic oxidation sites excluding steroid dienone is 2. The molecule has 4 rings (SSSR count). The van der Waals surface area contributed by atoms with Gasteiger partial charge >= 0.3 is 5.69 Å². The van der Waals surface area contributed by atoms with Crippen LogP contribution >= 0.6 is 0 Å². The highest BCUT2D eigenvalue weighted by Gasteiger charge is 2.29. The molecule has 0 spiro atoms. The maximum Gasteiger partial charge on any atom is 0.327 e. The highest BCUT2D eigenvalue weighted by molar-refractivity contribution is 6.23. The Bertz CT molecular complexity index is 1100. The molecule has 0 fully saturated rings. The van der Waals surface area contributed by atoms with Gasteiger partial charge < -0.3 is 20.9 Å². The van der Waals surface area contributed by atoms with Crippen molar-refractivity contribution in [3.8, 4) is 5.75 Å². The van der Waals surface area contributed by atoms with Crippen molar-refractivity contribution in [3.63, 3.8) is 0 Å². The van der Waals surface area contributed by atoms with Gasteiger partial charge in [-0.05, 0) is 31.5 Å². The third kappa shape index (κ3) is 2.34. The second kappa shape index (κ2) is 5.91. The zero-order valence-electron chi connectivity index (χ0n) is 14.7. The van der Waals surface area contributed by atoms with E-state index < -0.39 is 0 Å². The van der Waals surface area contributed by atoms with Gasteiger partial charge in [0, 0.05) is 22.5 Å². The summed E-state index contributed by atoms with van der Waals surface area (Å²) in [5, 5.41) is 8.08. The number of rotatable bonds is 3. The molecule has 0 bridgehead atoms. The van der Waals surface area contributed by atoms with Crippen molar-refractivity contribution < 1.29 is 4.74 Å². The van der Waals surface area contributed by atoms with Crippen molar-refractivity contribution in [2.24, 2.45) is 5.73 Å². The van der Waals surface area contributed by atoms with Gasteiger partial charge in [-0.15, -0.1) is 0 Å². The van der Waals surface area contributed by atoms with Crippen LogP contribution in [0.4, 0.5) is 0 Å². The predicted octanol–water partition coefficient (Wildman–Crippen LogP) is 3.04. The van der Waals surface area contributed by atoms with Gasteiger partial charge in [0.05, 0.1) is 11.6 Å². The summed E-state index contributed by atoms with van der Waals surface area (Å²) in [7, 11) is 0. The van der Waals surface area contributed by atoms with Crippen molar-refractivity contribution in [3.05, 3.63) is 69.8 Å². The summed E-state index contributed by atoms with van der Waals surface area (Å²) in [6, 6.07) is 13.3. The maximum atomic E-state index is 12.7. The molecule has 1 aliphatic heterocycles. The SMILES string of the molecule is CC(=N)C(=C(C)N)c1ccc2[nH]c(=O)n3c2c1OCC3c1ccccc1. The van der Waals surface area contributed by atoms with E-state index in [1.807, 2.05) is 42.5 Å². The number of aromatic amines is 1. The molecule has 6 heteroatoms. The highest BCUT2D eigenvalue weighted by atomic mass is 16.5. The molecule has 132 valence electrons. The monoisotopic (exact) mass is 348 g/mol. The number of nitrogens with one attached hydrogen (secondary N) is 2. The number of aromatic nitrogens is 2. The lowest BCUT2D eigenvalue weighted by molar-refractivity contribution is 0.256. The van der Waals surface area contributed by atoms with E-state index in [1.165, 1.54) is 0 Å². The summed E-state index contributed by atoms with van der Waals surface area (Å²) in [5.74, 6) is 0.597. The molecular weight excluding hydrogens is 328 g/mol. The molecule has 6 nitrogen and oxygen atoms in total. The lowest BCUT2D eigenvalue weighted by Crippen LogP contribution is -2.30. The molecule has 3 aromatic rings. The van der Waals surface area contributed by atoms with Gasteiger partial charge in [0.1, 0.15) is 12.1 Å². The summed E-state index contributed by atoms with van der Waals surface area (Å²) in [5.41, 5.74) is 10.6. The van der Waals surface area contributed by atoms with Crippen LogP contribution in [-0.2, 0) is 0 Å². The lowest BCUT2D eigenvalue weighted by Gasteiger charge is -2.27. The summed E-state index contributed by atoms with van der Waals surface area (Å²) >= 11 is 0. The zero-order valence-corrected chi connectivity index (χ0v) is 14.7. The molecule has 1 unspecified atom stereocenters. The van der Waals surface area contributed by atoms with Crippen LogP contribution in [0.5, 0.6) is 5.75 Å². The summed E-state index contributed by atoms with van der Waals surface area (Å²) in [6.07, 6.45) is 0. The van der Waals surface area contributed by atoms with E-state index in [1.54, 1.807) is 18.4 Å². The van der Waals surface area contributed by atoms with Gasteiger partial charge in [0.25, 0.3) is 0 Å². The normalized spacial score (nSPS) is 16.9. The highest BCUT2D eigenvalue weighted by Crippen LogP contribution is 2.39. The average molecular weight is 348 g/mol. The molecule has 0 saturated carbocycles. The van der Waals surface area contributed by atoms with E-state index >= 15 is 0 Å². The Morgan fingerprint density at radius 1 is 1.23 bits per heavy atom. The van der Waals surface area contributed by atoms with E-state index in [2.05, 4.69) is 4.98 Å². The van der Waals surface area contributed by atoms with Crippen molar-refractivity contribution >= 4 is 22.3 Å². The standard InChI is InChI=1S/C20H20N4O2/c1-11(21)17(12(2)22)14-8-9-15-18-19(14)26-10-16(24(18)20(25)23-15)13-6-4-3-5-7-13/h3-9,16,21H,10,22H2,1-2H3,(H,23,25). The topological polar surface area (TPSA) is 96.9 Å². The second-order valence-corrected chi connectivity index (χ2v) is 6.56. The molecule has 1 atom stereocenters. The van der Waals surface area contributed by atoms with Crippen molar-refractivity contribution in [1.82, 2.24) is 9.55 Å². The van der Waals surface area contributed by atoms with E-state index in [4.69, 9.17) is 15.9 Å². The Morgan fingerprint density at radius 3 is 2.62 bits per heavy atom. The molecule has 0 aliphatic carbocycles. The summed E-state index contributed by atoms with van der Waals surface area (Å²) in [4.78, 5) is 15.6. The minimum Gasteiger partial charge on any atom is -0.488 e. The minimum absolute atomic E-state index is 0.169. The molecular formula is C20H20N4O2. The van der Waals surface area contributed by atoms with E-state index in [9.17, 15) is 4.79 Å². The van der Waals surface area contributed by atoms with Gasteiger partial charge in [0.15, 0.2) is 5.75 Å². The second-order valence-electron chi connectivity index (χ2n) is 6.56. The number of ether oxygens (including phenoxy) is 1. The lowest BCUT2D eigenvalue weighted by atomic mass is 9.97. The van der Waals surface area contributed by atoms with Crippen LogP contribution in [0.2, 0.25) is 0 Å². The van der Waals surface area contributed by atoms with Gasteiger partial charge in [0.2, 0.25) is 0 Å². The first-order chi connectivity index (χ1) is 12.5. The van der Waals surface area contributed by atoms with Crippen LogP contribution in [0.15, 0.2) is 53.0 Å². The molecule has 2 heterocycles. The number of benzene rings is 2. The molecule has 0 saturated heterocycles. The number of nitrogens with zero attached hydrogens (tertiary/aromatic N) is 1. The molecule has 1 aliphatic rings.